The van der Waals surface area contributed by atoms with Gasteiger partial charge in [0.05, 0.1) is 34.1 Å². The minimum atomic E-state index is -3.13. The molecule has 0 bridgehead atoms. The molecule has 0 saturated carbocycles. The molecule has 1 N–H and O–H groups in total. The van der Waals surface area contributed by atoms with Crippen LogP contribution in [0.5, 0.6) is 0 Å². The van der Waals surface area contributed by atoms with Crippen LogP contribution in [-0.2, 0) is 14.8 Å². The number of aromatic nitrogens is 4. The highest BCUT2D eigenvalue weighted by atomic mass is 35.5. The molecular formula is C34H46Cl2N8O3S. The molecule has 2 aromatic heterocycles. The Morgan fingerprint density at radius 2 is 1.83 bits per heavy atom. The summed E-state index contributed by atoms with van der Waals surface area (Å²) in [4.78, 5) is 19.2. The van der Waals surface area contributed by atoms with Gasteiger partial charge in [-0.15, -0.1) is 0 Å². The Labute approximate surface area is 293 Å². The van der Waals surface area contributed by atoms with Gasteiger partial charge in [-0.2, -0.15) is 10.2 Å². The van der Waals surface area contributed by atoms with Gasteiger partial charge in [0, 0.05) is 85.5 Å². The zero-order chi connectivity index (χ0) is 34.2. The predicted molar refractivity (Wildman–Crippen MR) is 191 cm³/mol. The average Bonchev–Trinajstić information content (AvgIpc) is 3.75. The molecule has 260 valence electrons. The number of H-pyrrole nitrogens is 1. The lowest BCUT2D eigenvalue weighted by Crippen LogP contribution is -2.60. The first-order valence-electron chi connectivity index (χ1n) is 17.0. The van der Waals surface area contributed by atoms with Crippen LogP contribution in [0, 0.1) is 18.3 Å². The number of fused-ring (bicyclic) bond motifs is 1. The second-order valence-corrected chi connectivity index (χ2v) is 18.0. The number of carbonyl (C=O) groups is 1. The molecule has 48 heavy (non-hydrogen) atoms. The molecule has 6 heterocycles. The van der Waals surface area contributed by atoms with Gasteiger partial charge in [0.2, 0.25) is 15.9 Å². The van der Waals surface area contributed by atoms with E-state index in [1.165, 1.54) is 12.3 Å². The van der Waals surface area contributed by atoms with Crippen molar-refractivity contribution in [3.63, 3.8) is 0 Å². The Morgan fingerprint density at radius 3 is 2.48 bits per heavy atom. The molecule has 1 spiro atoms. The number of sulfonamides is 1. The summed E-state index contributed by atoms with van der Waals surface area (Å²) in [6.45, 7) is 16.8. The zero-order valence-corrected chi connectivity index (χ0v) is 30.6. The van der Waals surface area contributed by atoms with Gasteiger partial charge in [-0.25, -0.2) is 12.7 Å². The van der Waals surface area contributed by atoms with Crippen molar-refractivity contribution in [2.24, 2.45) is 11.3 Å². The summed E-state index contributed by atoms with van der Waals surface area (Å²) >= 11 is 13.8. The molecule has 1 amide bonds. The Balaban J connectivity index is 1.16. The predicted octanol–water partition coefficient (Wildman–Crippen LogP) is 5.35. The highest BCUT2D eigenvalue weighted by Crippen LogP contribution is 2.49. The number of halogens is 2. The van der Waals surface area contributed by atoms with Crippen LogP contribution in [0.1, 0.15) is 57.7 Å². The van der Waals surface area contributed by atoms with Gasteiger partial charge in [-0.1, -0.05) is 29.8 Å². The first-order chi connectivity index (χ1) is 22.7. The lowest BCUT2D eigenvalue weighted by molar-refractivity contribution is -0.127. The van der Waals surface area contributed by atoms with Gasteiger partial charge in [0.15, 0.2) is 5.82 Å². The maximum absolute atomic E-state index is 12.3. The molecule has 0 unspecified atom stereocenters. The van der Waals surface area contributed by atoms with Crippen LogP contribution in [0.15, 0.2) is 24.9 Å². The van der Waals surface area contributed by atoms with Crippen molar-refractivity contribution in [2.45, 2.75) is 64.5 Å². The molecule has 4 saturated heterocycles. The molecule has 1 atom stereocenters. The van der Waals surface area contributed by atoms with E-state index < -0.39 is 10.0 Å². The van der Waals surface area contributed by atoms with Crippen LogP contribution < -0.4 is 4.90 Å². The van der Waals surface area contributed by atoms with E-state index in [0.717, 1.165) is 91.8 Å². The van der Waals surface area contributed by atoms with E-state index in [9.17, 15) is 13.2 Å². The Bertz CT molecular complexity index is 1860. The fraction of sp³-hybridized carbons (Fsp3) is 0.618. The van der Waals surface area contributed by atoms with Crippen LogP contribution in [0.25, 0.3) is 22.0 Å². The van der Waals surface area contributed by atoms with Crippen LogP contribution in [0.3, 0.4) is 0 Å². The first-order valence-corrected chi connectivity index (χ1v) is 19.6. The van der Waals surface area contributed by atoms with Gasteiger partial charge >= 0.3 is 0 Å². The van der Waals surface area contributed by atoms with Crippen molar-refractivity contribution in [1.29, 1.82) is 0 Å². The number of hydrogen-bond donors (Lipinski definition) is 1. The molecule has 4 fully saturated rings. The van der Waals surface area contributed by atoms with Crippen molar-refractivity contribution >= 4 is 55.9 Å². The number of rotatable bonds is 7. The average molecular weight is 718 g/mol. The summed E-state index contributed by atoms with van der Waals surface area (Å²) in [5, 5.41) is 14.6. The van der Waals surface area contributed by atoms with E-state index >= 15 is 0 Å². The molecule has 4 aliphatic rings. The Hall–Kier alpha value is -2.64. The molecular weight excluding hydrogens is 671 g/mol. The topological polar surface area (TPSA) is 111 Å². The third-order valence-corrected chi connectivity index (χ3v) is 13.4. The molecule has 0 radical (unpaired) electrons. The Morgan fingerprint density at radius 1 is 1.10 bits per heavy atom. The van der Waals surface area contributed by atoms with E-state index in [1.807, 2.05) is 17.2 Å². The van der Waals surface area contributed by atoms with Gasteiger partial charge in [0.25, 0.3) is 0 Å². The maximum atomic E-state index is 12.3. The zero-order valence-electron chi connectivity index (χ0n) is 28.3. The lowest BCUT2D eigenvalue weighted by atomic mass is 9.76. The highest BCUT2D eigenvalue weighted by Gasteiger charge is 2.50. The number of likely N-dealkylation sites (tertiary alicyclic amines) is 2. The van der Waals surface area contributed by atoms with Crippen LogP contribution in [-0.4, -0.2) is 113 Å². The monoisotopic (exact) mass is 716 g/mol. The third kappa shape index (κ3) is 5.95. The number of piperidine rings is 2. The summed E-state index contributed by atoms with van der Waals surface area (Å²) in [7, 11) is -3.13. The number of aromatic amines is 1. The van der Waals surface area contributed by atoms with E-state index in [0.29, 0.717) is 42.1 Å². The van der Waals surface area contributed by atoms with Crippen LogP contribution in [0.4, 0.5) is 5.82 Å². The van der Waals surface area contributed by atoms with E-state index in [1.54, 1.807) is 4.31 Å². The second-order valence-electron chi connectivity index (χ2n) is 15.2. The van der Waals surface area contributed by atoms with Crippen molar-refractivity contribution in [1.82, 2.24) is 34.1 Å². The van der Waals surface area contributed by atoms with Crippen molar-refractivity contribution in [3.05, 3.63) is 40.7 Å². The molecule has 11 nitrogen and oxygen atoms in total. The fourth-order valence-corrected chi connectivity index (χ4v) is 10.4. The minimum absolute atomic E-state index is 0.0304. The maximum Gasteiger partial charge on any atom is 0.245 e. The van der Waals surface area contributed by atoms with Gasteiger partial charge in [-0.3, -0.25) is 14.6 Å². The fourth-order valence-electron chi connectivity index (χ4n) is 8.99. The van der Waals surface area contributed by atoms with Crippen molar-refractivity contribution in [3.8, 4) is 11.1 Å². The summed E-state index contributed by atoms with van der Waals surface area (Å²) in [6.07, 6.45) is 9.10. The molecule has 14 heteroatoms. The first kappa shape index (κ1) is 33.8. The third-order valence-electron chi connectivity index (χ3n) is 11.4. The lowest BCUT2D eigenvalue weighted by Gasteiger charge is -2.52. The summed E-state index contributed by atoms with van der Waals surface area (Å²) < 4.78 is 28.0. The largest absolute Gasteiger partial charge is 0.349 e. The molecule has 1 aromatic carbocycles. The van der Waals surface area contributed by atoms with Gasteiger partial charge in [0.1, 0.15) is 0 Å². The molecule has 7 rings (SSSR count). The van der Waals surface area contributed by atoms with E-state index in [2.05, 4.69) is 52.0 Å². The van der Waals surface area contributed by atoms with E-state index in [4.69, 9.17) is 28.3 Å². The normalized spacial score (nSPS) is 23.7. The summed E-state index contributed by atoms with van der Waals surface area (Å²) in [5.74, 6) is 1.40. The van der Waals surface area contributed by atoms with Crippen LogP contribution in [0.2, 0.25) is 10.0 Å². The number of carbonyl (C=O) groups excluding carboxylic acids is 1. The number of nitrogens with zero attached hydrogens (tertiary/aromatic N) is 7. The molecule has 0 aliphatic carbocycles. The quantitative estimate of drug-likeness (QED) is 0.328. The standard InChI is InChI=1S/C34H46Cl2N8O3S/c1-6-28(45)41-11-8-24(9-12-41)44-22(2)29(30-25-17-37-38-27(25)15-26(35)31(30)36)32(39-44)43-13-7-23(16-33(43,3)4)18-40-19-34(20-40)10-14-42(21-34)48(5,46)47/h6,15,17,23-24H,1,7-14,16,18-21H2,2-5H3,(H,37,38)/t23-/m1/s1. The number of amides is 1. The van der Waals surface area contributed by atoms with Crippen molar-refractivity contribution < 1.29 is 13.2 Å². The SMILES string of the molecule is C=CC(=O)N1CCC(n2nc(N3CC[C@@H](CN4CC5(CCN(S(C)(=O)=O)C5)C4)CC3(C)C)c(-c3c(Cl)c(Cl)cc4[nH]ncc34)c2C)CC1. The summed E-state index contributed by atoms with van der Waals surface area (Å²) in [6, 6.07) is 1.96. The minimum Gasteiger partial charge on any atom is -0.349 e. The Kier molecular flexibility index (Phi) is 8.67. The number of nitrogens with one attached hydrogen (secondary N) is 1. The highest BCUT2D eigenvalue weighted by molar-refractivity contribution is 7.88. The van der Waals surface area contributed by atoms with Gasteiger partial charge < -0.3 is 14.7 Å². The summed E-state index contributed by atoms with van der Waals surface area (Å²) in [5.41, 5.74) is 3.59. The smallest absolute Gasteiger partial charge is 0.245 e. The number of benzene rings is 1. The van der Waals surface area contributed by atoms with Gasteiger partial charge in [-0.05, 0) is 70.9 Å². The van der Waals surface area contributed by atoms with Crippen LogP contribution >= 0.6 is 23.2 Å². The number of anilines is 1. The molecule has 3 aromatic rings. The van der Waals surface area contributed by atoms with E-state index in [-0.39, 0.29) is 22.9 Å². The second kappa shape index (κ2) is 12.3. The number of hydrogen-bond acceptors (Lipinski definition) is 7. The molecule has 4 aliphatic heterocycles. The van der Waals surface area contributed by atoms with Crippen molar-refractivity contribution in [2.75, 3.05) is 63.5 Å².